The van der Waals surface area contributed by atoms with Gasteiger partial charge in [-0.3, -0.25) is 0 Å². The van der Waals surface area contributed by atoms with Crippen molar-refractivity contribution in [2.24, 2.45) is 10.9 Å². The number of benzene rings is 1. The molecule has 100 valence electrons. The minimum absolute atomic E-state index is 0.00287. The molecule has 1 rings (SSSR count). The Balaban J connectivity index is 2.71. The summed E-state index contributed by atoms with van der Waals surface area (Å²) in [5.74, 6) is 0.405. The molecule has 1 aromatic carbocycles. The summed E-state index contributed by atoms with van der Waals surface area (Å²) in [7, 11) is -3.72. The lowest BCUT2D eigenvalue weighted by Gasteiger charge is -2.11. The van der Waals surface area contributed by atoms with Gasteiger partial charge in [0.1, 0.15) is 12.4 Å². The van der Waals surface area contributed by atoms with E-state index in [0.29, 0.717) is 17.7 Å². The summed E-state index contributed by atoms with van der Waals surface area (Å²) in [4.78, 5) is -0.0108. The zero-order chi connectivity index (χ0) is 13.8. The van der Waals surface area contributed by atoms with E-state index in [-0.39, 0.29) is 11.5 Å². The highest BCUT2D eigenvalue weighted by Crippen LogP contribution is 2.16. The van der Waals surface area contributed by atoms with Gasteiger partial charge in [0.25, 0.3) is 0 Å². The van der Waals surface area contributed by atoms with E-state index in [1.54, 1.807) is 6.92 Å². The maximum Gasteiger partial charge on any atom is 0.238 e. The summed E-state index contributed by atoms with van der Waals surface area (Å²) >= 11 is 0. The number of rotatable bonds is 5. The third kappa shape index (κ3) is 4.10. The fourth-order valence-corrected chi connectivity index (χ4v) is 1.67. The molecule has 0 saturated heterocycles. The molecule has 0 fully saturated rings. The Morgan fingerprint density at radius 1 is 1.44 bits per heavy atom. The maximum atomic E-state index is 12.4. The first kappa shape index (κ1) is 14.6. The molecule has 0 bridgehead atoms. The first-order valence-corrected chi connectivity index (χ1v) is 6.69. The van der Waals surface area contributed by atoms with Crippen molar-refractivity contribution in [2.45, 2.75) is 17.9 Å². The van der Waals surface area contributed by atoms with Crippen LogP contribution in [0.4, 0.5) is 4.39 Å². The first-order chi connectivity index (χ1) is 8.34. The van der Waals surface area contributed by atoms with Gasteiger partial charge in [0.2, 0.25) is 10.0 Å². The van der Waals surface area contributed by atoms with Gasteiger partial charge in [0.15, 0.2) is 0 Å². The molecule has 1 atom stereocenters. The molecule has 4 N–H and O–H groups in total. The monoisotopic (exact) mass is 274 g/mol. The van der Waals surface area contributed by atoms with E-state index >= 15 is 0 Å². The zero-order valence-corrected chi connectivity index (χ0v) is 10.7. The van der Waals surface area contributed by atoms with E-state index in [0.717, 1.165) is 0 Å². The molecule has 1 aromatic rings. The summed E-state index contributed by atoms with van der Waals surface area (Å²) in [6.07, 6.45) is 0.406. The third-order valence-corrected chi connectivity index (χ3v) is 3.21. The van der Waals surface area contributed by atoms with Crippen molar-refractivity contribution in [1.29, 1.82) is 0 Å². The molecule has 0 unspecified atom stereocenters. The molecular formula is C11H15FN2O3S. The SMILES string of the molecule is C[C@H](N)/C(=C/F)COc1ccc(S(N)(=O)=O)cc1. The lowest BCUT2D eigenvalue weighted by molar-refractivity contribution is 0.341. The zero-order valence-electron chi connectivity index (χ0n) is 9.84. The number of hydrogen-bond donors (Lipinski definition) is 2. The molecule has 0 aliphatic rings. The fraction of sp³-hybridized carbons (Fsp3) is 0.273. The van der Waals surface area contributed by atoms with Gasteiger partial charge >= 0.3 is 0 Å². The van der Waals surface area contributed by atoms with Crippen molar-refractivity contribution in [3.8, 4) is 5.75 Å². The van der Waals surface area contributed by atoms with Gasteiger partial charge in [0, 0.05) is 11.6 Å². The summed E-state index contributed by atoms with van der Waals surface area (Å²) in [6, 6.07) is 5.07. The van der Waals surface area contributed by atoms with E-state index < -0.39 is 16.1 Å². The Labute approximate surface area is 105 Å². The van der Waals surface area contributed by atoms with Crippen molar-refractivity contribution < 1.29 is 17.5 Å². The minimum Gasteiger partial charge on any atom is -0.489 e. The van der Waals surface area contributed by atoms with Crippen LogP contribution in [0, 0.1) is 0 Å². The van der Waals surface area contributed by atoms with Gasteiger partial charge in [-0.2, -0.15) is 0 Å². The molecule has 0 aliphatic carbocycles. The highest BCUT2D eigenvalue weighted by molar-refractivity contribution is 7.89. The van der Waals surface area contributed by atoms with E-state index in [1.165, 1.54) is 24.3 Å². The molecule has 18 heavy (non-hydrogen) atoms. The Hall–Kier alpha value is -1.44. The van der Waals surface area contributed by atoms with Crippen LogP contribution >= 0.6 is 0 Å². The molecule has 5 nitrogen and oxygen atoms in total. The van der Waals surface area contributed by atoms with Gasteiger partial charge in [-0.1, -0.05) is 0 Å². The third-order valence-electron chi connectivity index (χ3n) is 2.28. The summed E-state index contributed by atoms with van der Waals surface area (Å²) in [6.45, 7) is 1.64. The summed E-state index contributed by atoms with van der Waals surface area (Å²) in [5, 5.41) is 4.95. The van der Waals surface area contributed by atoms with Crippen LogP contribution in [-0.2, 0) is 10.0 Å². The normalized spacial score (nSPS) is 14.3. The van der Waals surface area contributed by atoms with Crippen LogP contribution < -0.4 is 15.6 Å². The second-order valence-corrected chi connectivity index (χ2v) is 5.34. The predicted octanol–water partition coefficient (Wildman–Crippen LogP) is 0.913. The van der Waals surface area contributed by atoms with Crippen LogP contribution in [0.25, 0.3) is 0 Å². The molecular weight excluding hydrogens is 259 g/mol. The molecule has 0 heterocycles. The van der Waals surface area contributed by atoms with Crippen LogP contribution in [0.1, 0.15) is 6.92 Å². The maximum absolute atomic E-state index is 12.4. The van der Waals surface area contributed by atoms with Crippen molar-refractivity contribution in [3.05, 3.63) is 36.2 Å². The number of nitrogens with two attached hydrogens (primary N) is 2. The number of sulfonamides is 1. The van der Waals surface area contributed by atoms with Gasteiger partial charge in [-0.25, -0.2) is 17.9 Å². The van der Waals surface area contributed by atoms with E-state index in [9.17, 15) is 12.8 Å². The van der Waals surface area contributed by atoms with Crippen molar-refractivity contribution in [1.82, 2.24) is 0 Å². The average molecular weight is 274 g/mol. The second-order valence-electron chi connectivity index (χ2n) is 3.78. The molecule has 0 aromatic heterocycles. The largest absolute Gasteiger partial charge is 0.489 e. The molecule has 0 amide bonds. The molecule has 0 aliphatic heterocycles. The van der Waals surface area contributed by atoms with Crippen LogP contribution in [0.3, 0.4) is 0 Å². The van der Waals surface area contributed by atoms with Crippen LogP contribution in [0.15, 0.2) is 41.1 Å². The second kappa shape index (κ2) is 5.94. The Morgan fingerprint density at radius 3 is 2.39 bits per heavy atom. The molecule has 0 saturated carbocycles. The van der Waals surface area contributed by atoms with E-state index in [2.05, 4.69) is 0 Å². The number of primary sulfonamides is 1. The summed E-state index contributed by atoms with van der Waals surface area (Å²) in [5.41, 5.74) is 5.82. The number of hydrogen-bond acceptors (Lipinski definition) is 4. The number of halogens is 1. The Morgan fingerprint density at radius 2 is 2.00 bits per heavy atom. The van der Waals surface area contributed by atoms with E-state index in [4.69, 9.17) is 15.6 Å². The van der Waals surface area contributed by atoms with Crippen LogP contribution in [0.5, 0.6) is 5.75 Å². The van der Waals surface area contributed by atoms with Crippen LogP contribution in [-0.4, -0.2) is 21.1 Å². The van der Waals surface area contributed by atoms with Crippen LogP contribution in [0.2, 0.25) is 0 Å². The molecule has 0 radical (unpaired) electrons. The Bertz CT molecular complexity index is 524. The highest BCUT2D eigenvalue weighted by atomic mass is 32.2. The van der Waals surface area contributed by atoms with Gasteiger partial charge in [-0.15, -0.1) is 0 Å². The lowest BCUT2D eigenvalue weighted by atomic mass is 10.2. The summed E-state index contributed by atoms with van der Waals surface area (Å²) < 4.78 is 39.7. The molecule has 7 heteroatoms. The topological polar surface area (TPSA) is 95.4 Å². The van der Waals surface area contributed by atoms with Crippen molar-refractivity contribution in [2.75, 3.05) is 6.61 Å². The quantitative estimate of drug-likeness (QED) is 0.834. The fourth-order valence-electron chi connectivity index (χ4n) is 1.15. The standard InChI is InChI=1S/C11H15FN2O3S/c1-8(13)9(6-12)7-17-10-2-4-11(5-3-10)18(14,15)16/h2-6,8H,7,13H2,1H3,(H2,14,15,16)/b9-6+/t8-/m0/s1. The van der Waals surface area contributed by atoms with Crippen molar-refractivity contribution >= 4 is 10.0 Å². The lowest BCUT2D eigenvalue weighted by Crippen LogP contribution is -2.22. The van der Waals surface area contributed by atoms with Gasteiger partial charge in [-0.05, 0) is 31.2 Å². The van der Waals surface area contributed by atoms with Gasteiger partial charge < -0.3 is 10.5 Å². The Kier molecular flexibility index (Phi) is 4.83. The first-order valence-electron chi connectivity index (χ1n) is 5.15. The molecule has 0 spiro atoms. The predicted molar refractivity (Wildman–Crippen MR) is 66.2 cm³/mol. The smallest absolute Gasteiger partial charge is 0.238 e. The van der Waals surface area contributed by atoms with Crippen molar-refractivity contribution in [3.63, 3.8) is 0 Å². The van der Waals surface area contributed by atoms with E-state index in [1.807, 2.05) is 0 Å². The minimum atomic E-state index is -3.72. The number of ether oxygens (including phenoxy) is 1. The highest BCUT2D eigenvalue weighted by Gasteiger charge is 2.08. The average Bonchev–Trinajstić information content (AvgIpc) is 2.29. The van der Waals surface area contributed by atoms with Gasteiger partial charge in [0.05, 0.1) is 11.2 Å².